The summed E-state index contributed by atoms with van der Waals surface area (Å²) in [6.07, 6.45) is 3.89. The molecular formula is C14H16N4OS3. The molecule has 0 unspecified atom stereocenters. The van der Waals surface area contributed by atoms with Crippen molar-refractivity contribution in [1.82, 2.24) is 19.6 Å². The van der Waals surface area contributed by atoms with E-state index in [4.69, 9.17) is 21.9 Å². The molecule has 1 N–H and O–H groups in total. The van der Waals surface area contributed by atoms with Crippen LogP contribution >= 0.6 is 35.3 Å². The van der Waals surface area contributed by atoms with Gasteiger partial charge in [0, 0.05) is 11.3 Å². The van der Waals surface area contributed by atoms with Crippen molar-refractivity contribution >= 4 is 51.2 Å². The Morgan fingerprint density at radius 1 is 1.55 bits per heavy atom. The number of nitrogens with zero attached hydrogens (tertiary/aromatic N) is 3. The van der Waals surface area contributed by atoms with Gasteiger partial charge >= 0.3 is 0 Å². The van der Waals surface area contributed by atoms with Gasteiger partial charge in [-0.25, -0.2) is 9.38 Å². The largest absolute Gasteiger partial charge is 0.369 e. The molecule has 0 saturated heterocycles. The van der Waals surface area contributed by atoms with Crippen LogP contribution in [-0.2, 0) is 17.8 Å². The average molecular weight is 353 g/mol. The molecule has 3 aromatic rings. The summed E-state index contributed by atoms with van der Waals surface area (Å²) in [5.41, 5.74) is 2.11. The molecule has 0 bridgehead atoms. The van der Waals surface area contributed by atoms with Crippen molar-refractivity contribution in [2.24, 2.45) is 0 Å². The number of H-pyrrole nitrogens is 1. The van der Waals surface area contributed by atoms with Crippen LogP contribution in [0.15, 0.2) is 5.16 Å². The molecular weight excluding hydrogens is 336 g/mol. The fourth-order valence-corrected chi connectivity index (χ4v) is 4.89. The fourth-order valence-electron chi connectivity index (χ4n) is 2.92. The summed E-state index contributed by atoms with van der Waals surface area (Å²) >= 11 is 8.67. The molecule has 22 heavy (non-hydrogen) atoms. The van der Waals surface area contributed by atoms with Crippen LogP contribution in [0.4, 0.5) is 0 Å². The van der Waals surface area contributed by atoms with Crippen molar-refractivity contribution in [3.63, 3.8) is 0 Å². The molecule has 1 atom stereocenters. The normalized spacial score (nSPS) is 21.6. The van der Waals surface area contributed by atoms with E-state index < -0.39 is 0 Å². The predicted molar refractivity (Wildman–Crippen MR) is 92.5 cm³/mol. The highest BCUT2D eigenvalue weighted by molar-refractivity contribution is 7.98. The Hall–Kier alpha value is -0.960. The quantitative estimate of drug-likeness (QED) is 0.430. The number of rotatable bonds is 2. The van der Waals surface area contributed by atoms with Gasteiger partial charge in [0.05, 0.1) is 17.6 Å². The number of fused-ring (bicyclic) bond motifs is 5. The minimum absolute atomic E-state index is 0.108. The number of thioether (sulfide) groups is 1. The van der Waals surface area contributed by atoms with Crippen molar-refractivity contribution in [2.75, 3.05) is 6.26 Å². The molecule has 4 heterocycles. The Bertz CT molecular complexity index is 941. The molecule has 0 radical (unpaired) electrons. The van der Waals surface area contributed by atoms with E-state index in [1.807, 2.05) is 10.7 Å². The van der Waals surface area contributed by atoms with E-state index >= 15 is 0 Å². The minimum Gasteiger partial charge on any atom is -0.369 e. The van der Waals surface area contributed by atoms with Gasteiger partial charge in [0.2, 0.25) is 4.77 Å². The van der Waals surface area contributed by atoms with Gasteiger partial charge < -0.3 is 4.74 Å². The van der Waals surface area contributed by atoms with Crippen molar-refractivity contribution in [1.29, 1.82) is 0 Å². The van der Waals surface area contributed by atoms with Crippen molar-refractivity contribution in [3.05, 3.63) is 15.2 Å². The van der Waals surface area contributed by atoms with Gasteiger partial charge in [-0.1, -0.05) is 18.7 Å². The fraction of sp³-hybridized carbons (Fsp3) is 0.500. The van der Waals surface area contributed by atoms with E-state index in [9.17, 15) is 0 Å². The van der Waals surface area contributed by atoms with Gasteiger partial charge in [-0.2, -0.15) is 5.10 Å². The second-order valence-corrected chi connectivity index (χ2v) is 7.98. The Balaban J connectivity index is 2.09. The maximum atomic E-state index is 6.07. The average Bonchev–Trinajstić information content (AvgIpc) is 3.07. The van der Waals surface area contributed by atoms with Gasteiger partial charge in [-0.15, -0.1) is 11.3 Å². The number of hydrogen-bond acceptors (Lipinski definition) is 6. The first kappa shape index (κ1) is 14.6. The molecule has 8 heteroatoms. The Morgan fingerprint density at radius 3 is 3.09 bits per heavy atom. The third kappa shape index (κ3) is 1.97. The lowest BCUT2D eigenvalue weighted by molar-refractivity contribution is -0.0542. The highest BCUT2D eigenvalue weighted by atomic mass is 32.2. The standard InChI is InChI=1S/C14H16N4OS3/c1-4-14(2)5-7-8(6-19-14)22-11-9(7)10-16-17-12(20)18(10)13(15-11)21-3/h4-6H2,1-3H3,(H,17,20)/t14-/m0/s1. The molecule has 0 aliphatic carbocycles. The lowest BCUT2D eigenvalue weighted by Gasteiger charge is -2.32. The van der Waals surface area contributed by atoms with Gasteiger partial charge in [-0.05, 0) is 37.4 Å². The Labute approximate surface area is 141 Å². The molecule has 0 spiro atoms. The van der Waals surface area contributed by atoms with E-state index in [1.165, 1.54) is 10.4 Å². The highest BCUT2D eigenvalue weighted by Crippen LogP contribution is 2.41. The van der Waals surface area contributed by atoms with Crippen molar-refractivity contribution in [3.8, 4) is 0 Å². The summed E-state index contributed by atoms with van der Waals surface area (Å²) in [6, 6.07) is 0. The summed E-state index contributed by atoms with van der Waals surface area (Å²) in [5, 5.41) is 9.38. The smallest absolute Gasteiger partial charge is 0.201 e. The number of hydrogen-bond donors (Lipinski definition) is 1. The lowest BCUT2D eigenvalue weighted by Crippen LogP contribution is -2.33. The first-order chi connectivity index (χ1) is 10.6. The third-order valence-electron chi connectivity index (χ3n) is 4.39. The maximum absolute atomic E-state index is 6.07. The van der Waals surface area contributed by atoms with Crippen molar-refractivity contribution < 1.29 is 4.74 Å². The van der Waals surface area contributed by atoms with E-state index in [1.54, 1.807) is 23.1 Å². The van der Waals surface area contributed by atoms with Crippen molar-refractivity contribution in [2.45, 2.75) is 44.1 Å². The maximum Gasteiger partial charge on any atom is 0.201 e. The van der Waals surface area contributed by atoms with E-state index in [-0.39, 0.29) is 5.60 Å². The first-order valence-corrected chi connectivity index (χ1v) is 9.60. The summed E-state index contributed by atoms with van der Waals surface area (Å²) in [4.78, 5) is 7.09. The number of aromatic nitrogens is 4. The molecule has 0 aromatic carbocycles. The zero-order valence-electron chi connectivity index (χ0n) is 12.6. The van der Waals surface area contributed by atoms with Crippen LogP contribution in [0.1, 0.15) is 30.7 Å². The summed E-state index contributed by atoms with van der Waals surface area (Å²) < 4.78 is 8.60. The second kappa shape index (κ2) is 5.02. The summed E-state index contributed by atoms with van der Waals surface area (Å²) in [7, 11) is 0. The molecule has 3 aromatic heterocycles. The van der Waals surface area contributed by atoms with Gasteiger partial charge in [0.25, 0.3) is 0 Å². The minimum atomic E-state index is -0.108. The van der Waals surface area contributed by atoms with Gasteiger partial charge in [-0.3, -0.25) is 5.10 Å². The molecule has 0 saturated carbocycles. The third-order valence-corrected chi connectivity index (χ3v) is 6.40. The van der Waals surface area contributed by atoms with Crippen LogP contribution in [0.25, 0.3) is 15.9 Å². The van der Waals surface area contributed by atoms with E-state index in [2.05, 4.69) is 24.0 Å². The highest BCUT2D eigenvalue weighted by Gasteiger charge is 2.33. The van der Waals surface area contributed by atoms with E-state index in [0.29, 0.717) is 11.4 Å². The lowest BCUT2D eigenvalue weighted by atomic mass is 9.90. The summed E-state index contributed by atoms with van der Waals surface area (Å²) in [5.74, 6) is 0. The topological polar surface area (TPSA) is 55.2 Å². The Kier molecular flexibility index (Phi) is 3.34. The molecule has 5 nitrogen and oxygen atoms in total. The number of aromatic amines is 1. The molecule has 116 valence electrons. The molecule has 1 aliphatic heterocycles. The molecule has 0 amide bonds. The predicted octanol–water partition coefficient (Wildman–Crippen LogP) is 3.96. The van der Waals surface area contributed by atoms with Crippen LogP contribution in [0.3, 0.4) is 0 Å². The first-order valence-electron chi connectivity index (χ1n) is 7.15. The van der Waals surface area contributed by atoms with Gasteiger partial charge in [0.15, 0.2) is 10.8 Å². The van der Waals surface area contributed by atoms with Crippen LogP contribution in [0.2, 0.25) is 0 Å². The van der Waals surface area contributed by atoms with Crippen LogP contribution in [0, 0.1) is 4.77 Å². The monoisotopic (exact) mass is 352 g/mol. The zero-order valence-corrected chi connectivity index (χ0v) is 15.0. The number of thiophene rings is 1. The van der Waals surface area contributed by atoms with Gasteiger partial charge in [0.1, 0.15) is 4.83 Å². The zero-order chi connectivity index (χ0) is 15.5. The molecule has 0 fully saturated rings. The molecule has 4 rings (SSSR count). The second-order valence-electron chi connectivity index (χ2n) is 5.74. The SMILES string of the molecule is CC[C@@]1(C)Cc2c(sc3nc(SC)n4c(=S)[nH]nc4c23)CO1. The Morgan fingerprint density at radius 2 is 2.36 bits per heavy atom. The number of nitrogens with one attached hydrogen (secondary N) is 1. The molecule has 1 aliphatic rings. The van der Waals surface area contributed by atoms with Crippen LogP contribution < -0.4 is 0 Å². The summed E-state index contributed by atoms with van der Waals surface area (Å²) in [6.45, 7) is 5.01. The van der Waals surface area contributed by atoms with Crippen LogP contribution in [-0.4, -0.2) is 31.4 Å². The van der Waals surface area contributed by atoms with Crippen LogP contribution in [0.5, 0.6) is 0 Å². The number of ether oxygens (including phenoxy) is 1. The van der Waals surface area contributed by atoms with E-state index in [0.717, 1.165) is 33.9 Å².